The largest absolute Gasteiger partial charge is 0.347 e. The summed E-state index contributed by atoms with van der Waals surface area (Å²) in [4.78, 5) is 13.0. The quantitative estimate of drug-likeness (QED) is 0.656. The van der Waals surface area contributed by atoms with Crippen molar-refractivity contribution in [1.29, 1.82) is 0 Å². The summed E-state index contributed by atoms with van der Waals surface area (Å²) in [5, 5.41) is 15.4. The first kappa shape index (κ1) is 13.8. The van der Waals surface area contributed by atoms with Crippen molar-refractivity contribution >= 4 is 11.5 Å². The Balaban J connectivity index is 2.43. The van der Waals surface area contributed by atoms with Gasteiger partial charge in [-0.2, -0.15) is 5.10 Å². The average molecular weight is 267 g/mol. The minimum Gasteiger partial charge on any atom is -0.347 e. The molecule has 0 amide bonds. The van der Waals surface area contributed by atoms with Crippen LogP contribution in [0.3, 0.4) is 0 Å². The highest BCUT2D eigenvalue weighted by Gasteiger charge is 2.34. The molecular weight excluding hydrogens is 246 g/mol. The highest BCUT2D eigenvalue weighted by Crippen LogP contribution is 2.35. The molecule has 1 aliphatic heterocycles. The standard InChI is InChI=1S/C12H21N5O2/c1-8-4-5-16(10(6-8)7-13)12-11(17(18)19)9(2)14-15(12)3/h8,10H,4-7,13H2,1-3H3. The van der Waals surface area contributed by atoms with Gasteiger partial charge >= 0.3 is 5.69 Å². The van der Waals surface area contributed by atoms with Crippen LogP contribution in [0.1, 0.15) is 25.5 Å². The lowest BCUT2D eigenvalue weighted by Gasteiger charge is -2.38. The Hall–Kier alpha value is -1.63. The van der Waals surface area contributed by atoms with Gasteiger partial charge in [-0.05, 0) is 25.7 Å². The fourth-order valence-electron chi connectivity index (χ4n) is 2.92. The normalized spacial score (nSPS) is 23.7. The van der Waals surface area contributed by atoms with Crippen molar-refractivity contribution in [3.05, 3.63) is 15.8 Å². The van der Waals surface area contributed by atoms with Crippen LogP contribution in [0.4, 0.5) is 11.5 Å². The zero-order valence-corrected chi connectivity index (χ0v) is 11.7. The van der Waals surface area contributed by atoms with Crippen molar-refractivity contribution in [3.63, 3.8) is 0 Å². The molecule has 1 aliphatic rings. The molecule has 1 saturated heterocycles. The lowest BCUT2D eigenvalue weighted by atomic mass is 9.92. The maximum atomic E-state index is 11.3. The van der Waals surface area contributed by atoms with Gasteiger partial charge in [-0.15, -0.1) is 0 Å². The second-order valence-electron chi connectivity index (χ2n) is 5.35. The third-order valence-electron chi connectivity index (χ3n) is 3.87. The molecular formula is C12H21N5O2. The van der Waals surface area contributed by atoms with Crippen LogP contribution >= 0.6 is 0 Å². The van der Waals surface area contributed by atoms with Gasteiger partial charge in [0.2, 0.25) is 5.82 Å². The molecule has 0 bridgehead atoms. The van der Waals surface area contributed by atoms with E-state index in [0.717, 1.165) is 19.4 Å². The molecule has 19 heavy (non-hydrogen) atoms. The number of aryl methyl sites for hydroxylation is 2. The van der Waals surface area contributed by atoms with Crippen LogP contribution in [0, 0.1) is 23.0 Å². The number of nitrogens with zero attached hydrogens (tertiary/aromatic N) is 4. The summed E-state index contributed by atoms with van der Waals surface area (Å²) < 4.78 is 1.60. The zero-order valence-electron chi connectivity index (χ0n) is 11.7. The summed E-state index contributed by atoms with van der Waals surface area (Å²) in [6.07, 6.45) is 2.00. The molecule has 7 nitrogen and oxygen atoms in total. The number of rotatable bonds is 3. The van der Waals surface area contributed by atoms with Crippen molar-refractivity contribution in [2.45, 2.75) is 32.7 Å². The van der Waals surface area contributed by atoms with Crippen molar-refractivity contribution in [3.8, 4) is 0 Å². The number of hydrogen-bond acceptors (Lipinski definition) is 5. The van der Waals surface area contributed by atoms with Crippen molar-refractivity contribution < 1.29 is 4.92 Å². The summed E-state index contributed by atoms with van der Waals surface area (Å²) in [6.45, 7) is 5.17. The molecule has 2 rings (SSSR count). The third kappa shape index (κ3) is 2.42. The van der Waals surface area contributed by atoms with Crippen molar-refractivity contribution in [2.75, 3.05) is 18.0 Å². The molecule has 2 atom stereocenters. The molecule has 1 aromatic heterocycles. The smallest absolute Gasteiger partial charge is 0.333 e. The number of nitrogens with two attached hydrogens (primary N) is 1. The highest BCUT2D eigenvalue weighted by molar-refractivity contribution is 5.62. The van der Waals surface area contributed by atoms with Gasteiger partial charge in [-0.3, -0.25) is 10.1 Å². The van der Waals surface area contributed by atoms with Crippen molar-refractivity contribution in [2.24, 2.45) is 18.7 Å². The monoisotopic (exact) mass is 267 g/mol. The predicted octanol–water partition coefficient (Wildman–Crippen LogP) is 1.20. The molecule has 7 heteroatoms. The Bertz CT molecular complexity index is 485. The molecule has 0 aliphatic carbocycles. The minimum atomic E-state index is -0.344. The topological polar surface area (TPSA) is 90.2 Å². The first-order chi connectivity index (χ1) is 8.95. The zero-order chi connectivity index (χ0) is 14.2. The van der Waals surface area contributed by atoms with Gasteiger partial charge in [0.05, 0.1) is 4.92 Å². The van der Waals surface area contributed by atoms with E-state index in [4.69, 9.17) is 5.73 Å². The van der Waals surface area contributed by atoms with E-state index in [-0.39, 0.29) is 16.7 Å². The molecule has 0 aromatic carbocycles. The van der Waals surface area contributed by atoms with Crippen LogP contribution in [-0.4, -0.2) is 33.8 Å². The minimum absolute atomic E-state index is 0.107. The SMILES string of the molecule is Cc1nn(C)c(N2CCC(C)CC2CN)c1[N+](=O)[O-]. The molecule has 1 fully saturated rings. The Morgan fingerprint density at radius 1 is 1.58 bits per heavy atom. The van der Waals surface area contributed by atoms with Crippen molar-refractivity contribution in [1.82, 2.24) is 9.78 Å². The fraction of sp³-hybridized carbons (Fsp3) is 0.750. The van der Waals surface area contributed by atoms with E-state index in [1.54, 1.807) is 18.7 Å². The van der Waals surface area contributed by atoms with Gasteiger partial charge in [-0.25, -0.2) is 4.68 Å². The molecule has 2 N–H and O–H groups in total. The summed E-state index contributed by atoms with van der Waals surface area (Å²) in [5.74, 6) is 1.20. The number of hydrogen-bond donors (Lipinski definition) is 1. The predicted molar refractivity (Wildman–Crippen MR) is 73.2 cm³/mol. The second-order valence-corrected chi connectivity index (χ2v) is 5.35. The number of anilines is 1. The molecule has 0 spiro atoms. The van der Waals surface area contributed by atoms with E-state index in [2.05, 4.69) is 16.9 Å². The highest BCUT2D eigenvalue weighted by atomic mass is 16.6. The second kappa shape index (κ2) is 5.16. The summed E-state index contributed by atoms with van der Waals surface area (Å²) in [7, 11) is 1.75. The fourth-order valence-corrected chi connectivity index (χ4v) is 2.92. The lowest BCUT2D eigenvalue weighted by molar-refractivity contribution is -0.384. The van der Waals surface area contributed by atoms with Gasteiger partial charge in [-0.1, -0.05) is 6.92 Å². The molecule has 106 valence electrons. The van der Waals surface area contributed by atoms with Gasteiger partial charge in [0.1, 0.15) is 5.69 Å². The Morgan fingerprint density at radius 3 is 2.84 bits per heavy atom. The average Bonchev–Trinajstić information content (AvgIpc) is 2.64. The first-order valence-electron chi connectivity index (χ1n) is 6.60. The maximum absolute atomic E-state index is 11.3. The Labute approximate surface area is 112 Å². The van der Waals surface area contributed by atoms with Crippen LogP contribution in [0.15, 0.2) is 0 Å². The third-order valence-corrected chi connectivity index (χ3v) is 3.87. The summed E-state index contributed by atoms with van der Waals surface area (Å²) in [5.41, 5.74) is 6.40. The van der Waals surface area contributed by atoms with E-state index >= 15 is 0 Å². The summed E-state index contributed by atoms with van der Waals surface area (Å²) >= 11 is 0. The Morgan fingerprint density at radius 2 is 2.26 bits per heavy atom. The van der Waals surface area contributed by atoms with E-state index < -0.39 is 0 Å². The van der Waals surface area contributed by atoms with Crippen LogP contribution in [0.2, 0.25) is 0 Å². The number of piperidine rings is 1. The molecule has 0 saturated carbocycles. The van der Waals surface area contributed by atoms with E-state index in [9.17, 15) is 10.1 Å². The molecule has 1 aromatic rings. The maximum Gasteiger partial charge on any atom is 0.333 e. The van der Waals surface area contributed by atoms with E-state index in [0.29, 0.717) is 24.0 Å². The molecule has 2 heterocycles. The van der Waals surface area contributed by atoms with E-state index in [1.807, 2.05) is 0 Å². The molecule has 2 unspecified atom stereocenters. The van der Waals surface area contributed by atoms with Gasteiger partial charge in [0, 0.05) is 26.2 Å². The van der Waals surface area contributed by atoms with Crippen LogP contribution in [0.25, 0.3) is 0 Å². The first-order valence-corrected chi connectivity index (χ1v) is 6.60. The van der Waals surface area contributed by atoms with Gasteiger partial charge in [0.25, 0.3) is 0 Å². The lowest BCUT2D eigenvalue weighted by Crippen LogP contribution is -2.47. The number of nitro groups is 1. The van der Waals surface area contributed by atoms with Crippen LogP contribution in [-0.2, 0) is 7.05 Å². The van der Waals surface area contributed by atoms with E-state index in [1.165, 1.54) is 0 Å². The van der Waals surface area contributed by atoms with Crippen LogP contribution in [0.5, 0.6) is 0 Å². The number of aromatic nitrogens is 2. The van der Waals surface area contributed by atoms with Gasteiger partial charge < -0.3 is 10.6 Å². The summed E-state index contributed by atoms with van der Waals surface area (Å²) in [6, 6.07) is 0.150. The van der Waals surface area contributed by atoms with Gasteiger partial charge in [0.15, 0.2) is 0 Å². The molecule has 0 radical (unpaired) electrons. The Kier molecular flexibility index (Phi) is 3.75. The van der Waals surface area contributed by atoms with Crippen LogP contribution < -0.4 is 10.6 Å².